The third-order valence-electron chi connectivity index (χ3n) is 13.0. The summed E-state index contributed by atoms with van der Waals surface area (Å²) in [6.07, 6.45) is 0. The van der Waals surface area contributed by atoms with E-state index >= 15 is 0 Å². The molecule has 276 valence electrons. The van der Waals surface area contributed by atoms with Crippen LogP contribution < -0.4 is 0 Å². The molecule has 0 atom stereocenters. The van der Waals surface area contributed by atoms with Gasteiger partial charge in [0.05, 0.1) is 0 Å². The van der Waals surface area contributed by atoms with Gasteiger partial charge >= 0.3 is 0 Å². The zero-order valence-corrected chi connectivity index (χ0v) is 32.8. The van der Waals surface area contributed by atoms with Gasteiger partial charge in [-0.25, -0.2) is 0 Å². The van der Waals surface area contributed by atoms with E-state index in [1.807, 2.05) is 0 Å². The topological polar surface area (TPSA) is 0 Å². The molecular formula is C60H36. The molecule has 0 saturated carbocycles. The predicted molar refractivity (Wildman–Crippen MR) is 263 cm³/mol. The minimum Gasteiger partial charge on any atom is -0.0538 e. The highest BCUT2D eigenvalue weighted by molar-refractivity contribution is 6.07. The van der Waals surface area contributed by atoms with Crippen LogP contribution in [0.1, 0.15) is 0 Å². The van der Waals surface area contributed by atoms with E-state index in [2.05, 4.69) is 218 Å². The minimum atomic E-state index is 1.22. The van der Waals surface area contributed by atoms with Gasteiger partial charge in [-0.3, -0.25) is 0 Å². The third-order valence-corrected chi connectivity index (χ3v) is 13.0. The van der Waals surface area contributed by atoms with Crippen LogP contribution in [0, 0.1) is 0 Å². The molecule has 0 heterocycles. The molecule has 13 aromatic rings. The molecule has 0 aliphatic heterocycles. The van der Waals surface area contributed by atoms with Crippen LogP contribution in [0.4, 0.5) is 0 Å². The normalized spacial score (nSPS) is 12.0. The van der Waals surface area contributed by atoms with Gasteiger partial charge in [-0.2, -0.15) is 0 Å². The Bertz CT molecular complexity index is 3170. The standard InChI is InChI=1S/C60H36/c1-13-43-25-55-26-45(14-2-37(1)55)46-16-4-39-6-19-49(30-57(39)28-46)50-20-8-41-10-23-53(34-59(41)32-50)54-24-12-42-11-22-52(35-60(42)36-54)51-21-9-40-7-18-48(31-58(40)33-51)47-17-5-38-3-15-44(43)27-56(38)29-47/h1-36H. The molecule has 0 aliphatic rings. The van der Waals surface area contributed by atoms with E-state index in [9.17, 15) is 0 Å². The number of rotatable bonds is 0. The minimum absolute atomic E-state index is 1.22. The van der Waals surface area contributed by atoms with Crippen LogP contribution in [0.2, 0.25) is 0 Å². The highest BCUT2D eigenvalue weighted by Crippen LogP contribution is 2.32. The predicted octanol–water partition coefficient (Wildman–Crippen LogP) is 17.2. The average Bonchev–Trinajstić information content (AvgIpc) is 3.31. The fourth-order valence-corrected chi connectivity index (χ4v) is 9.64. The van der Waals surface area contributed by atoms with Crippen molar-refractivity contribution in [2.75, 3.05) is 0 Å². The summed E-state index contributed by atoms with van der Waals surface area (Å²) in [5.41, 5.74) is 0. The second kappa shape index (κ2) is 12.9. The quantitative estimate of drug-likeness (QED) is 0.145. The molecule has 0 fully saturated rings. The molecule has 60 heavy (non-hydrogen) atoms. The Morgan fingerprint density at radius 1 is 0.0833 bits per heavy atom. The monoisotopic (exact) mass is 756 g/mol. The summed E-state index contributed by atoms with van der Waals surface area (Å²) in [7, 11) is 0. The highest BCUT2D eigenvalue weighted by atomic mass is 14.1. The van der Waals surface area contributed by atoms with Crippen molar-refractivity contribution in [2.24, 2.45) is 0 Å². The van der Waals surface area contributed by atoms with Crippen molar-refractivity contribution >= 4 is 129 Å². The van der Waals surface area contributed by atoms with E-state index in [4.69, 9.17) is 0 Å². The summed E-state index contributed by atoms with van der Waals surface area (Å²) in [6.45, 7) is 0. The van der Waals surface area contributed by atoms with Crippen molar-refractivity contribution in [1.29, 1.82) is 0 Å². The smallest absolute Gasteiger partial charge is 0.0172 e. The SMILES string of the molecule is c1cc2cc3cc(ccc13)c1ccc3ccc(cc3c1)c1ccc3ccc(cc3c1)c1ccc3ccc(cc3c1)c1ccc3ccc(cc3c1)c1ccc3ccc2cc3c1. The number of hydrogen-bond donors (Lipinski definition) is 0. The van der Waals surface area contributed by atoms with Gasteiger partial charge in [0.15, 0.2) is 0 Å². The van der Waals surface area contributed by atoms with Gasteiger partial charge in [0.25, 0.3) is 0 Å². The Hall–Kier alpha value is -7.80. The second-order valence-electron chi connectivity index (χ2n) is 16.7. The first-order valence-corrected chi connectivity index (χ1v) is 20.9. The molecule has 18 bridgehead atoms. The van der Waals surface area contributed by atoms with E-state index in [-0.39, 0.29) is 0 Å². The molecule has 0 nitrogen and oxygen atoms in total. The first kappa shape index (κ1) is 33.2. The Kier molecular flexibility index (Phi) is 7.11. The lowest BCUT2D eigenvalue weighted by Gasteiger charge is -2.06. The maximum Gasteiger partial charge on any atom is -0.0172 e. The molecular weight excluding hydrogens is 721 g/mol. The van der Waals surface area contributed by atoms with Crippen LogP contribution in [-0.2, 0) is 0 Å². The summed E-state index contributed by atoms with van der Waals surface area (Å²) < 4.78 is 0. The van der Waals surface area contributed by atoms with Crippen LogP contribution in [0.15, 0.2) is 218 Å². The van der Waals surface area contributed by atoms with Crippen molar-refractivity contribution in [1.82, 2.24) is 0 Å². The first-order valence-electron chi connectivity index (χ1n) is 20.9. The van der Waals surface area contributed by atoms with E-state index in [0.29, 0.717) is 0 Å². The van der Waals surface area contributed by atoms with E-state index in [0.717, 1.165) is 0 Å². The van der Waals surface area contributed by atoms with Gasteiger partial charge in [-0.1, -0.05) is 146 Å². The molecule has 0 amide bonds. The molecule has 0 saturated heterocycles. The van der Waals surface area contributed by atoms with E-state index in [1.54, 1.807) is 0 Å². The van der Waals surface area contributed by atoms with Crippen molar-refractivity contribution < 1.29 is 0 Å². The van der Waals surface area contributed by atoms with Gasteiger partial charge in [-0.15, -0.1) is 0 Å². The van der Waals surface area contributed by atoms with Crippen molar-refractivity contribution in [3.05, 3.63) is 218 Å². The molecule has 0 aliphatic carbocycles. The van der Waals surface area contributed by atoms with Crippen LogP contribution in [0.3, 0.4) is 0 Å². The Labute approximate surface area is 346 Å². The zero-order valence-electron chi connectivity index (χ0n) is 32.8. The molecule has 0 heteroatoms. The van der Waals surface area contributed by atoms with Crippen LogP contribution in [-0.4, -0.2) is 0 Å². The van der Waals surface area contributed by atoms with Crippen molar-refractivity contribution in [3.8, 4) is 0 Å². The van der Waals surface area contributed by atoms with Gasteiger partial charge < -0.3 is 0 Å². The maximum atomic E-state index is 2.35. The Balaban J connectivity index is 1.11. The highest BCUT2D eigenvalue weighted by Gasteiger charge is 2.05. The van der Waals surface area contributed by atoms with E-state index < -0.39 is 0 Å². The van der Waals surface area contributed by atoms with Gasteiger partial charge in [-0.05, 0) is 202 Å². The number of benzene rings is 12. The fraction of sp³-hybridized carbons (Fsp3) is 0. The van der Waals surface area contributed by atoms with Crippen LogP contribution >= 0.6 is 0 Å². The van der Waals surface area contributed by atoms with Gasteiger partial charge in [0.2, 0.25) is 0 Å². The summed E-state index contributed by atoms with van der Waals surface area (Å²) >= 11 is 0. The molecule has 13 rings (SSSR count). The maximum absolute atomic E-state index is 2.35. The lowest BCUT2D eigenvalue weighted by Crippen LogP contribution is -1.79. The Morgan fingerprint density at radius 2 is 0.167 bits per heavy atom. The molecule has 0 aromatic heterocycles. The average molecular weight is 757 g/mol. The van der Waals surface area contributed by atoms with Crippen LogP contribution in [0.5, 0.6) is 0 Å². The summed E-state index contributed by atoms with van der Waals surface area (Å²) in [5.74, 6) is 0. The van der Waals surface area contributed by atoms with Crippen LogP contribution in [0.25, 0.3) is 129 Å². The number of fused-ring (bicyclic) bond motifs is 18. The second-order valence-corrected chi connectivity index (χ2v) is 16.7. The molecule has 0 spiro atoms. The first-order chi connectivity index (χ1) is 29.6. The molecule has 0 unspecified atom stereocenters. The van der Waals surface area contributed by atoms with Gasteiger partial charge in [0, 0.05) is 0 Å². The van der Waals surface area contributed by atoms with Crippen molar-refractivity contribution in [3.63, 3.8) is 0 Å². The zero-order chi connectivity index (χ0) is 39.3. The molecule has 0 N–H and O–H groups in total. The lowest BCUT2D eigenvalue weighted by molar-refractivity contribution is 1.79. The molecule has 13 aromatic carbocycles. The largest absolute Gasteiger partial charge is 0.0538 e. The summed E-state index contributed by atoms with van der Waals surface area (Å²) in [4.78, 5) is 0. The lowest BCUT2D eigenvalue weighted by atomic mass is 9.99. The third kappa shape index (κ3) is 5.53. The fourth-order valence-electron chi connectivity index (χ4n) is 9.64. The summed E-state index contributed by atoms with van der Waals surface area (Å²) in [5, 5.41) is 29.6. The Morgan fingerprint density at radius 3 is 0.267 bits per heavy atom. The van der Waals surface area contributed by atoms with E-state index in [1.165, 1.54) is 129 Å². The van der Waals surface area contributed by atoms with Crippen molar-refractivity contribution in [2.45, 2.75) is 0 Å². The van der Waals surface area contributed by atoms with Gasteiger partial charge in [0.1, 0.15) is 0 Å². The summed E-state index contributed by atoms with van der Waals surface area (Å²) in [6, 6.07) is 82.4. The molecule has 0 radical (unpaired) electrons. The number of hydrogen-bond acceptors (Lipinski definition) is 0.